The van der Waals surface area contributed by atoms with E-state index in [1.807, 2.05) is 18.2 Å². The predicted octanol–water partition coefficient (Wildman–Crippen LogP) is 15.6. The maximum absolute atomic E-state index is 6.61. The van der Waals surface area contributed by atoms with Gasteiger partial charge >= 0.3 is 0 Å². The Labute approximate surface area is 330 Å². The van der Waals surface area contributed by atoms with Crippen molar-refractivity contribution in [2.45, 2.75) is 0 Å². The Morgan fingerprint density at radius 1 is 0.281 bits per heavy atom. The number of hydrogen-bond donors (Lipinski definition) is 0. The summed E-state index contributed by atoms with van der Waals surface area (Å²) in [4.78, 5) is 2.30. The third kappa shape index (κ3) is 5.68. The maximum atomic E-state index is 6.61. The number of rotatable bonds is 7. The van der Waals surface area contributed by atoms with E-state index in [4.69, 9.17) is 8.83 Å². The van der Waals surface area contributed by atoms with E-state index in [2.05, 4.69) is 199 Å². The summed E-state index contributed by atoms with van der Waals surface area (Å²) in [5, 5.41) is 4.42. The molecule has 11 rings (SSSR count). The summed E-state index contributed by atoms with van der Waals surface area (Å²) in [6.45, 7) is 0. The van der Waals surface area contributed by atoms with Crippen LogP contribution in [0.15, 0.2) is 221 Å². The Kier molecular flexibility index (Phi) is 7.82. The fourth-order valence-electron chi connectivity index (χ4n) is 8.36. The number of anilines is 3. The Morgan fingerprint density at radius 3 is 1.46 bits per heavy atom. The summed E-state index contributed by atoms with van der Waals surface area (Å²) in [5.74, 6) is 0. The number of fused-ring (bicyclic) bond motifs is 6. The van der Waals surface area contributed by atoms with Gasteiger partial charge in [0.1, 0.15) is 16.7 Å². The molecule has 3 nitrogen and oxygen atoms in total. The number of benzene rings is 9. The predicted molar refractivity (Wildman–Crippen MR) is 237 cm³/mol. The Balaban J connectivity index is 1.01. The van der Waals surface area contributed by atoms with Crippen molar-refractivity contribution in [1.82, 2.24) is 0 Å². The standard InChI is InChI=1S/C54H35NO2/c1-3-13-37(14-4-1)43-17-7-8-18-44(43)39-27-32-42(33-28-39)55(50-23-12-22-47-46-19-9-10-24-51(46)57-54(47)50)41-30-25-36(26-31-41)40-29-34-52-49(35-40)48-21-11-20-45(53(48)56-52)38-15-5-2-6-16-38/h1-35H. The Hall–Kier alpha value is -7.62. The fourth-order valence-corrected chi connectivity index (χ4v) is 8.36. The lowest BCUT2D eigenvalue weighted by Gasteiger charge is -2.26. The fraction of sp³-hybridized carbons (Fsp3) is 0. The van der Waals surface area contributed by atoms with Crippen molar-refractivity contribution >= 4 is 60.9 Å². The van der Waals surface area contributed by atoms with Crippen LogP contribution in [0.25, 0.3) is 88.4 Å². The lowest BCUT2D eigenvalue weighted by Crippen LogP contribution is -2.10. The van der Waals surface area contributed by atoms with Gasteiger partial charge in [-0.05, 0) is 87.5 Å². The molecule has 0 aliphatic carbocycles. The second kappa shape index (κ2) is 13.6. The molecule has 0 fully saturated rings. The Morgan fingerprint density at radius 2 is 0.754 bits per heavy atom. The second-order valence-corrected chi connectivity index (χ2v) is 14.5. The van der Waals surface area contributed by atoms with Gasteiger partial charge in [0, 0.05) is 38.5 Å². The van der Waals surface area contributed by atoms with Crippen molar-refractivity contribution in [3.63, 3.8) is 0 Å². The topological polar surface area (TPSA) is 29.5 Å². The average molecular weight is 730 g/mol. The third-order valence-electron chi connectivity index (χ3n) is 11.1. The van der Waals surface area contributed by atoms with Gasteiger partial charge in [-0.25, -0.2) is 0 Å². The summed E-state index contributed by atoms with van der Waals surface area (Å²) in [6.07, 6.45) is 0. The van der Waals surface area contributed by atoms with Crippen LogP contribution in [-0.2, 0) is 0 Å². The first kappa shape index (κ1) is 32.8. The van der Waals surface area contributed by atoms with Crippen molar-refractivity contribution in [2.24, 2.45) is 0 Å². The number of hydrogen-bond acceptors (Lipinski definition) is 3. The van der Waals surface area contributed by atoms with Crippen LogP contribution in [0, 0.1) is 0 Å². The van der Waals surface area contributed by atoms with Gasteiger partial charge in [-0.2, -0.15) is 0 Å². The summed E-state index contributed by atoms with van der Waals surface area (Å²) in [7, 11) is 0. The van der Waals surface area contributed by atoms with Gasteiger partial charge in [0.25, 0.3) is 0 Å². The third-order valence-corrected chi connectivity index (χ3v) is 11.1. The molecule has 2 aromatic heterocycles. The molecule has 0 saturated carbocycles. The normalized spacial score (nSPS) is 11.5. The molecule has 0 atom stereocenters. The highest BCUT2D eigenvalue weighted by molar-refractivity contribution is 6.11. The van der Waals surface area contributed by atoms with Gasteiger partial charge in [0.15, 0.2) is 5.58 Å². The zero-order valence-corrected chi connectivity index (χ0v) is 31.0. The lowest BCUT2D eigenvalue weighted by molar-refractivity contribution is 0.669. The van der Waals surface area contributed by atoms with Gasteiger partial charge in [-0.15, -0.1) is 0 Å². The van der Waals surface area contributed by atoms with E-state index in [1.54, 1.807) is 0 Å². The highest BCUT2D eigenvalue weighted by Gasteiger charge is 2.20. The second-order valence-electron chi connectivity index (χ2n) is 14.5. The quantitative estimate of drug-likeness (QED) is 0.164. The van der Waals surface area contributed by atoms with E-state index in [9.17, 15) is 0 Å². The minimum Gasteiger partial charge on any atom is -0.455 e. The molecule has 57 heavy (non-hydrogen) atoms. The molecule has 3 heteroatoms. The minimum atomic E-state index is 0.855. The van der Waals surface area contributed by atoms with Crippen molar-refractivity contribution in [3.05, 3.63) is 212 Å². The molecule has 11 aromatic rings. The maximum Gasteiger partial charge on any atom is 0.159 e. The van der Waals surface area contributed by atoms with Crippen molar-refractivity contribution < 1.29 is 8.83 Å². The summed E-state index contributed by atoms with van der Waals surface area (Å²) in [5.41, 5.74) is 15.9. The molecule has 0 bridgehead atoms. The Bertz CT molecular complexity index is 3210. The molecule has 0 radical (unpaired) electrons. The molecule has 0 spiro atoms. The molecular weight excluding hydrogens is 695 g/mol. The average Bonchev–Trinajstić information content (AvgIpc) is 3.86. The lowest BCUT2D eigenvalue weighted by atomic mass is 9.94. The smallest absolute Gasteiger partial charge is 0.159 e. The molecular formula is C54H35NO2. The number of para-hydroxylation sites is 3. The van der Waals surface area contributed by atoms with E-state index in [-0.39, 0.29) is 0 Å². The molecule has 2 heterocycles. The molecule has 0 unspecified atom stereocenters. The largest absolute Gasteiger partial charge is 0.455 e. The molecule has 0 amide bonds. The number of nitrogens with zero attached hydrogens (tertiary/aromatic N) is 1. The van der Waals surface area contributed by atoms with E-state index >= 15 is 0 Å². The molecule has 0 aliphatic heterocycles. The highest BCUT2D eigenvalue weighted by Crippen LogP contribution is 2.44. The van der Waals surface area contributed by atoms with Crippen LogP contribution in [-0.4, -0.2) is 0 Å². The molecule has 268 valence electrons. The first-order chi connectivity index (χ1) is 28.3. The van der Waals surface area contributed by atoms with Crippen LogP contribution in [0.2, 0.25) is 0 Å². The van der Waals surface area contributed by atoms with E-state index in [1.165, 1.54) is 16.7 Å². The van der Waals surface area contributed by atoms with Crippen LogP contribution in [0.1, 0.15) is 0 Å². The zero-order valence-electron chi connectivity index (χ0n) is 31.0. The summed E-state index contributed by atoms with van der Waals surface area (Å²) < 4.78 is 13.1. The van der Waals surface area contributed by atoms with Crippen LogP contribution in [0.5, 0.6) is 0 Å². The zero-order chi connectivity index (χ0) is 37.7. The van der Waals surface area contributed by atoms with Crippen LogP contribution in [0.3, 0.4) is 0 Å². The van der Waals surface area contributed by atoms with E-state index in [0.717, 1.165) is 88.8 Å². The van der Waals surface area contributed by atoms with Crippen molar-refractivity contribution in [1.29, 1.82) is 0 Å². The van der Waals surface area contributed by atoms with Crippen molar-refractivity contribution in [2.75, 3.05) is 4.90 Å². The van der Waals surface area contributed by atoms with Gasteiger partial charge in [-0.3, -0.25) is 0 Å². The van der Waals surface area contributed by atoms with Gasteiger partial charge in [-0.1, -0.05) is 164 Å². The SMILES string of the molecule is c1ccc(-c2ccccc2-c2ccc(N(c3ccc(-c4ccc5oc6c(-c7ccccc7)cccc6c5c4)cc3)c3cccc4c3oc3ccccc34)cc2)cc1. The van der Waals surface area contributed by atoms with Crippen LogP contribution in [0.4, 0.5) is 17.1 Å². The molecule has 0 saturated heterocycles. The minimum absolute atomic E-state index is 0.855. The first-order valence-corrected chi connectivity index (χ1v) is 19.3. The van der Waals surface area contributed by atoms with Crippen LogP contribution >= 0.6 is 0 Å². The van der Waals surface area contributed by atoms with Gasteiger partial charge < -0.3 is 13.7 Å². The monoisotopic (exact) mass is 729 g/mol. The van der Waals surface area contributed by atoms with E-state index in [0.29, 0.717) is 0 Å². The summed E-state index contributed by atoms with van der Waals surface area (Å²) in [6, 6.07) is 75.0. The summed E-state index contributed by atoms with van der Waals surface area (Å²) >= 11 is 0. The number of furan rings is 2. The molecule has 0 N–H and O–H groups in total. The van der Waals surface area contributed by atoms with Gasteiger partial charge in [0.05, 0.1) is 5.69 Å². The first-order valence-electron chi connectivity index (χ1n) is 19.3. The van der Waals surface area contributed by atoms with Crippen LogP contribution < -0.4 is 4.90 Å². The van der Waals surface area contributed by atoms with Crippen molar-refractivity contribution in [3.8, 4) is 44.5 Å². The van der Waals surface area contributed by atoms with Gasteiger partial charge in [0.2, 0.25) is 0 Å². The molecule has 9 aromatic carbocycles. The molecule has 0 aliphatic rings. The highest BCUT2D eigenvalue weighted by atomic mass is 16.3. The van der Waals surface area contributed by atoms with E-state index < -0.39 is 0 Å².